The van der Waals surface area contributed by atoms with Gasteiger partial charge in [-0.1, -0.05) is 6.42 Å². The standard InChI is InChI=1S/C8H18N4S/c1-6-4-3-5-7(2)12(6)11-8(13)10-9/h6-7H,3-5,9H2,1-2H3,(H2,10,11,13). The van der Waals surface area contributed by atoms with E-state index < -0.39 is 0 Å². The Kier molecular flexibility index (Phi) is 3.90. The van der Waals surface area contributed by atoms with Gasteiger partial charge in [-0.15, -0.1) is 0 Å². The Balaban J connectivity index is 2.48. The molecule has 0 aromatic heterocycles. The third kappa shape index (κ3) is 2.79. The summed E-state index contributed by atoms with van der Waals surface area (Å²) >= 11 is 4.95. The number of hydrogen-bond donors (Lipinski definition) is 3. The van der Waals surface area contributed by atoms with Gasteiger partial charge in [-0.05, 0) is 38.9 Å². The quantitative estimate of drug-likeness (QED) is 0.328. The number of nitrogens with zero attached hydrogens (tertiary/aromatic N) is 1. The van der Waals surface area contributed by atoms with Crippen molar-refractivity contribution in [2.24, 2.45) is 5.84 Å². The van der Waals surface area contributed by atoms with Gasteiger partial charge in [-0.25, -0.2) is 10.9 Å². The van der Waals surface area contributed by atoms with Crippen molar-refractivity contribution in [3.63, 3.8) is 0 Å². The highest BCUT2D eigenvalue weighted by atomic mass is 32.1. The van der Waals surface area contributed by atoms with Crippen LogP contribution in [0.4, 0.5) is 0 Å². The summed E-state index contributed by atoms with van der Waals surface area (Å²) in [6.45, 7) is 4.39. The van der Waals surface area contributed by atoms with E-state index in [1.54, 1.807) is 0 Å². The van der Waals surface area contributed by atoms with E-state index in [0.717, 1.165) is 0 Å². The third-order valence-corrected chi connectivity index (χ3v) is 2.76. The largest absolute Gasteiger partial charge is 0.300 e. The molecule has 4 N–H and O–H groups in total. The third-order valence-electron chi connectivity index (χ3n) is 2.56. The minimum Gasteiger partial charge on any atom is -0.300 e. The highest BCUT2D eigenvalue weighted by Crippen LogP contribution is 2.19. The number of hydrazine groups is 2. The van der Waals surface area contributed by atoms with Crippen molar-refractivity contribution in [1.29, 1.82) is 0 Å². The van der Waals surface area contributed by atoms with Crippen LogP contribution in [0.2, 0.25) is 0 Å². The molecule has 0 aromatic rings. The van der Waals surface area contributed by atoms with Gasteiger partial charge < -0.3 is 0 Å². The average Bonchev–Trinajstić information content (AvgIpc) is 2.11. The number of hydrogen-bond acceptors (Lipinski definition) is 3. The summed E-state index contributed by atoms with van der Waals surface area (Å²) in [5.74, 6) is 5.20. The number of nitrogens with two attached hydrogens (primary N) is 1. The molecule has 13 heavy (non-hydrogen) atoms. The van der Waals surface area contributed by atoms with E-state index in [1.807, 2.05) is 0 Å². The molecule has 0 spiro atoms. The number of nitrogens with one attached hydrogen (secondary N) is 2. The zero-order chi connectivity index (χ0) is 9.84. The Morgan fingerprint density at radius 1 is 1.38 bits per heavy atom. The molecule has 2 atom stereocenters. The molecule has 1 saturated heterocycles. The van der Waals surface area contributed by atoms with Crippen molar-refractivity contribution in [3.05, 3.63) is 0 Å². The minimum absolute atomic E-state index is 0.487. The topological polar surface area (TPSA) is 53.3 Å². The second-order valence-corrected chi connectivity index (χ2v) is 4.03. The first kappa shape index (κ1) is 10.7. The lowest BCUT2D eigenvalue weighted by Gasteiger charge is -2.39. The maximum atomic E-state index is 5.20. The Hall–Kier alpha value is -0.390. The predicted octanol–water partition coefficient (Wildman–Crippen LogP) is 0.502. The van der Waals surface area contributed by atoms with Gasteiger partial charge in [0.15, 0.2) is 5.11 Å². The van der Waals surface area contributed by atoms with Gasteiger partial charge in [0.2, 0.25) is 0 Å². The molecule has 4 nitrogen and oxygen atoms in total. The molecule has 0 saturated carbocycles. The number of thiocarbonyl (C=S) groups is 1. The second-order valence-electron chi connectivity index (χ2n) is 3.62. The van der Waals surface area contributed by atoms with Crippen molar-refractivity contribution >= 4 is 17.3 Å². The fourth-order valence-electron chi connectivity index (χ4n) is 1.79. The van der Waals surface area contributed by atoms with Crippen molar-refractivity contribution < 1.29 is 0 Å². The first-order chi connectivity index (χ1) is 6.15. The van der Waals surface area contributed by atoms with Gasteiger partial charge in [0, 0.05) is 12.1 Å². The molecule has 0 radical (unpaired) electrons. The van der Waals surface area contributed by atoms with E-state index in [4.69, 9.17) is 18.1 Å². The summed E-state index contributed by atoms with van der Waals surface area (Å²) in [6.07, 6.45) is 3.72. The van der Waals surface area contributed by atoms with Crippen LogP contribution in [0.15, 0.2) is 0 Å². The van der Waals surface area contributed by atoms with E-state index in [2.05, 4.69) is 29.7 Å². The lowest BCUT2D eigenvalue weighted by atomic mass is 10.00. The first-order valence-corrected chi connectivity index (χ1v) is 5.11. The summed E-state index contributed by atoms with van der Waals surface area (Å²) < 4.78 is 0. The van der Waals surface area contributed by atoms with E-state index in [-0.39, 0.29) is 0 Å². The van der Waals surface area contributed by atoms with Gasteiger partial charge in [-0.2, -0.15) is 0 Å². The van der Waals surface area contributed by atoms with Gasteiger partial charge >= 0.3 is 0 Å². The molecule has 0 aromatic carbocycles. The van der Waals surface area contributed by atoms with Gasteiger partial charge in [0.25, 0.3) is 0 Å². The maximum absolute atomic E-state index is 5.20. The molecule has 0 bridgehead atoms. The van der Waals surface area contributed by atoms with Crippen LogP contribution in [-0.2, 0) is 0 Å². The predicted molar refractivity (Wildman–Crippen MR) is 57.7 cm³/mol. The van der Waals surface area contributed by atoms with Crippen LogP contribution in [0.5, 0.6) is 0 Å². The molecular formula is C8H18N4S. The summed E-state index contributed by atoms with van der Waals surface area (Å²) in [6, 6.07) is 1.05. The summed E-state index contributed by atoms with van der Waals surface area (Å²) in [5, 5.41) is 2.66. The zero-order valence-electron chi connectivity index (χ0n) is 8.21. The molecule has 76 valence electrons. The fraction of sp³-hybridized carbons (Fsp3) is 0.875. The van der Waals surface area contributed by atoms with Gasteiger partial charge in [-0.3, -0.25) is 10.9 Å². The Morgan fingerprint density at radius 2 is 1.92 bits per heavy atom. The van der Waals surface area contributed by atoms with Crippen LogP contribution in [0, 0.1) is 0 Å². The van der Waals surface area contributed by atoms with Gasteiger partial charge in [0.05, 0.1) is 0 Å². The normalized spacial score (nSPS) is 29.8. The maximum Gasteiger partial charge on any atom is 0.195 e. The summed E-state index contributed by atoms with van der Waals surface area (Å²) in [4.78, 5) is 0. The van der Waals surface area contributed by atoms with E-state index in [9.17, 15) is 0 Å². The van der Waals surface area contributed by atoms with Crippen LogP contribution >= 0.6 is 12.2 Å². The van der Waals surface area contributed by atoms with E-state index >= 15 is 0 Å². The minimum atomic E-state index is 0.487. The number of rotatable bonds is 1. The van der Waals surface area contributed by atoms with E-state index in [0.29, 0.717) is 17.2 Å². The fourth-order valence-corrected chi connectivity index (χ4v) is 1.90. The SMILES string of the molecule is CC1CCCC(C)N1NC(=S)NN. The highest BCUT2D eigenvalue weighted by molar-refractivity contribution is 7.80. The molecule has 0 aliphatic carbocycles. The molecule has 1 aliphatic heterocycles. The van der Waals surface area contributed by atoms with Crippen molar-refractivity contribution in [2.45, 2.75) is 45.2 Å². The van der Waals surface area contributed by atoms with Crippen LogP contribution in [0.25, 0.3) is 0 Å². The van der Waals surface area contributed by atoms with Crippen LogP contribution in [-0.4, -0.2) is 22.2 Å². The Labute approximate surface area is 84.8 Å². The monoisotopic (exact) mass is 202 g/mol. The zero-order valence-corrected chi connectivity index (χ0v) is 9.03. The van der Waals surface area contributed by atoms with Crippen molar-refractivity contribution in [3.8, 4) is 0 Å². The Bertz CT molecular complexity index is 175. The number of piperidine rings is 1. The van der Waals surface area contributed by atoms with Crippen molar-refractivity contribution in [1.82, 2.24) is 15.9 Å². The lowest BCUT2D eigenvalue weighted by molar-refractivity contribution is 0.0737. The average molecular weight is 202 g/mol. The van der Waals surface area contributed by atoms with Crippen LogP contribution in [0.1, 0.15) is 33.1 Å². The van der Waals surface area contributed by atoms with Crippen molar-refractivity contribution in [2.75, 3.05) is 0 Å². The smallest absolute Gasteiger partial charge is 0.195 e. The summed E-state index contributed by atoms with van der Waals surface area (Å²) in [5.41, 5.74) is 5.53. The lowest BCUT2D eigenvalue weighted by Crippen LogP contribution is -2.57. The van der Waals surface area contributed by atoms with Gasteiger partial charge in [0.1, 0.15) is 0 Å². The highest BCUT2D eigenvalue weighted by Gasteiger charge is 2.24. The molecule has 0 amide bonds. The molecule has 1 rings (SSSR count). The molecule has 2 unspecified atom stereocenters. The second kappa shape index (κ2) is 4.74. The molecule has 5 heteroatoms. The molecule has 1 heterocycles. The summed E-state index contributed by atoms with van der Waals surface area (Å²) in [7, 11) is 0. The van der Waals surface area contributed by atoms with E-state index in [1.165, 1.54) is 19.3 Å². The molecule has 1 aliphatic rings. The van der Waals surface area contributed by atoms with Crippen LogP contribution in [0.3, 0.4) is 0 Å². The molecule has 1 fully saturated rings. The first-order valence-electron chi connectivity index (χ1n) is 4.70. The Morgan fingerprint density at radius 3 is 2.38 bits per heavy atom. The molecular weight excluding hydrogens is 184 g/mol. The van der Waals surface area contributed by atoms with Crippen LogP contribution < -0.4 is 16.7 Å².